The Kier molecular flexibility index (Phi) is 3.50. The van der Waals surface area contributed by atoms with Gasteiger partial charge in [0.1, 0.15) is 10.8 Å². The van der Waals surface area contributed by atoms with Gasteiger partial charge in [0.25, 0.3) is 0 Å². The maximum absolute atomic E-state index is 13.2. The molecule has 1 unspecified atom stereocenters. The van der Waals surface area contributed by atoms with E-state index in [2.05, 4.69) is 4.98 Å². The van der Waals surface area contributed by atoms with E-state index in [0.717, 1.165) is 16.3 Å². The molecule has 0 saturated heterocycles. The van der Waals surface area contributed by atoms with Crippen LogP contribution in [-0.4, -0.2) is 4.98 Å². The molecule has 0 fully saturated rings. The summed E-state index contributed by atoms with van der Waals surface area (Å²) in [5, 5.41) is 0.904. The normalized spacial score (nSPS) is 14.5. The Bertz CT molecular complexity index is 541. The van der Waals surface area contributed by atoms with Crippen molar-refractivity contribution in [2.45, 2.75) is 32.7 Å². The monoisotopic (exact) mass is 264 g/mol. The molecule has 0 spiro atoms. The minimum Gasteiger partial charge on any atom is -0.319 e. The summed E-state index contributed by atoms with van der Waals surface area (Å²) in [4.78, 5) is 5.68. The van der Waals surface area contributed by atoms with Crippen LogP contribution in [0.2, 0.25) is 0 Å². The van der Waals surface area contributed by atoms with E-state index in [4.69, 9.17) is 5.73 Å². The highest BCUT2D eigenvalue weighted by Gasteiger charge is 2.26. The van der Waals surface area contributed by atoms with Crippen molar-refractivity contribution in [3.63, 3.8) is 0 Å². The molecule has 0 radical (unpaired) electrons. The molecule has 2 N–H and O–H groups in total. The lowest BCUT2D eigenvalue weighted by Crippen LogP contribution is -2.35. The van der Waals surface area contributed by atoms with Crippen LogP contribution in [0.1, 0.15) is 28.1 Å². The lowest BCUT2D eigenvalue weighted by Gasteiger charge is -2.22. The molecule has 2 nitrogen and oxygen atoms in total. The van der Waals surface area contributed by atoms with Crippen molar-refractivity contribution >= 4 is 11.3 Å². The summed E-state index contributed by atoms with van der Waals surface area (Å²) in [5.74, 6) is -0.227. The Balaban J connectivity index is 2.26. The van der Waals surface area contributed by atoms with Gasteiger partial charge in [-0.25, -0.2) is 9.37 Å². The summed E-state index contributed by atoms with van der Waals surface area (Å²) in [6, 6.07) is 6.56. The molecule has 96 valence electrons. The first kappa shape index (κ1) is 13.2. The van der Waals surface area contributed by atoms with Gasteiger partial charge in [0.05, 0.1) is 11.2 Å². The molecule has 4 heteroatoms. The van der Waals surface area contributed by atoms with Gasteiger partial charge in [0, 0.05) is 4.88 Å². The topological polar surface area (TPSA) is 38.9 Å². The molecular weight excluding hydrogens is 247 g/mol. The molecule has 0 aliphatic carbocycles. The highest BCUT2D eigenvalue weighted by molar-refractivity contribution is 7.11. The Morgan fingerprint density at radius 1 is 1.39 bits per heavy atom. The van der Waals surface area contributed by atoms with Crippen LogP contribution in [0.4, 0.5) is 4.39 Å². The summed E-state index contributed by atoms with van der Waals surface area (Å²) in [7, 11) is 0. The van der Waals surface area contributed by atoms with E-state index in [1.54, 1.807) is 17.4 Å². The highest BCUT2D eigenvalue weighted by Crippen LogP contribution is 2.28. The number of halogens is 1. The van der Waals surface area contributed by atoms with Crippen LogP contribution in [0.15, 0.2) is 24.3 Å². The number of nitrogens with two attached hydrogens (primary N) is 1. The quantitative estimate of drug-likeness (QED) is 0.923. The minimum atomic E-state index is -0.558. The van der Waals surface area contributed by atoms with Crippen LogP contribution in [0.5, 0.6) is 0 Å². The highest BCUT2D eigenvalue weighted by atomic mass is 32.1. The van der Waals surface area contributed by atoms with Gasteiger partial charge in [0.2, 0.25) is 0 Å². The number of rotatable bonds is 3. The van der Waals surface area contributed by atoms with Gasteiger partial charge in [0.15, 0.2) is 0 Å². The van der Waals surface area contributed by atoms with E-state index in [1.165, 1.54) is 17.0 Å². The molecule has 0 aliphatic heterocycles. The molecular formula is C14H17FN2S. The van der Waals surface area contributed by atoms with Gasteiger partial charge < -0.3 is 5.73 Å². The summed E-state index contributed by atoms with van der Waals surface area (Å²) >= 11 is 1.61. The van der Waals surface area contributed by atoms with Gasteiger partial charge in [-0.15, -0.1) is 11.3 Å². The zero-order valence-corrected chi connectivity index (χ0v) is 11.6. The van der Waals surface area contributed by atoms with Crippen LogP contribution < -0.4 is 5.73 Å². The fraction of sp³-hybridized carbons (Fsp3) is 0.357. The molecule has 0 bridgehead atoms. The zero-order valence-electron chi connectivity index (χ0n) is 10.8. The van der Waals surface area contributed by atoms with E-state index < -0.39 is 5.54 Å². The predicted octanol–water partition coefficient (Wildman–Crippen LogP) is 3.32. The molecule has 2 rings (SSSR count). The Labute approximate surface area is 111 Å². The van der Waals surface area contributed by atoms with E-state index in [9.17, 15) is 4.39 Å². The molecule has 1 aromatic carbocycles. The minimum absolute atomic E-state index is 0.227. The maximum atomic E-state index is 13.2. The van der Waals surface area contributed by atoms with Crippen molar-refractivity contribution in [1.82, 2.24) is 4.98 Å². The first-order valence-corrected chi connectivity index (χ1v) is 6.68. The molecule has 1 atom stereocenters. The predicted molar refractivity (Wildman–Crippen MR) is 73.2 cm³/mol. The first-order valence-electron chi connectivity index (χ1n) is 5.86. The van der Waals surface area contributed by atoms with Crippen molar-refractivity contribution in [3.05, 3.63) is 51.2 Å². The summed E-state index contributed by atoms with van der Waals surface area (Å²) in [5.41, 5.74) is 7.68. The van der Waals surface area contributed by atoms with Crippen molar-refractivity contribution in [3.8, 4) is 0 Å². The lowest BCUT2D eigenvalue weighted by atomic mass is 9.94. The Morgan fingerprint density at radius 3 is 2.67 bits per heavy atom. The third-order valence-electron chi connectivity index (χ3n) is 2.98. The van der Waals surface area contributed by atoms with E-state index in [0.29, 0.717) is 6.42 Å². The number of nitrogens with zero attached hydrogens (tertiary/aromatic N) is 1. The molecule has 0 amide bonds. The largest absolute Gasteiger partial charge is 0.319 e. The van der Waals surface area contributed by atoms with E-state index in [-0.39, 0.29) is 5.82 Å². The second kappa shape index (κ2) is 4.78. The summed E-state index contributed by atoms with van der Waals surface area (Å²) in [6.07, 6.45) is 0.581. The smallest absolute Gasteiger partial charge is 0.123 e. The maximum Gasteiger partial charge on any atom is 0.123 e. The average Bonchev–Trinajstić information content (AvgIpc) is 2.59. The molecule has 1 heterocycles. The number of thiazole rings is 1. The number of benzene rings is 1. The SMILES string of the molecule is Cc1nc(C(C)(N)Cc2cccc(F)c2)sc1C. The van der Waals surface area contributed by atoms with Crippen LogP contribution >= 0.6 is 11.3 Å². The molecule has 0 aliphatic rings. The van der Waals surface area contributed by atoms with Crippen LogP contribution in [0, 0.1) is 19.7 Å². The van der Waals surface area contributed by atoms with Crippen molar-refractivity contribution in [1.29, 1.82) is 0 Å². The standard InChI is InChI=1S/C14H17FN2S/c1-9-10(2)18-13(17-9)14(3,16)8-11-5-4-6-12(15)7-11/h4-7H,8,16H2,1-3H3. The van der Waals surface area contributed by atoms with Gasteiger partial charge in [-0.3, -0.25) is 0 Å². The van der Waals surface area contributed by atoms with Crippen molar-refractivity contribution in [2.24, 2.45) is 5.73 Å². The van der Waals surface area contributed by atoms with Crippen LogP contribution in [0.25, 0.3) is 0 Å². The molecule has 2 aromatic rings. The van der Waals surface area contributed by atoms with Gasteiger partial charge >= 0.3 is 0 Å². The van der Waals surface area contributed by atoms with Gasteiger partial charge in [-0.05, 0) is 44.9 Å². The summed E-state index contributed by atoms with van der Waals surface area (Å²) in [6.45, 7) is 5.96. The second-order valence-electron chi connectivity index (χ2n) is 4.88. The number of hydrogen-bond acceptors (Lipinski definition) is 3. The van der Waals surface area contributed by atoms with E-state index >= 15 is 0 Å². The third-order valence-corrected chi connectivity index (χ3v) is 4.33. The molecule has 1 aromatic heterocycles. The van der Waals surface area contributed by atoms with Crippen LogP contribution in [-0.2, 0) is 12.0 Å². The second-order valence-corrected chi connectivity index (χ2v) is 6.09. The third kappa shape index (κ3) is 2.76. The first-order chi connectivity index (χ1) is 8.38. The molecule has 0 saturated carbocycles. The fourth-order valence-corrected chi connectivity index (χ4v) is 2.83. The zero-order chi connectivity index (χ0) is 13.3. The Morgan fingerprint density at radius 2 is 2.11 bits per heavy atom. The van der Waals surface area contributed by atoms with Crippen molar-refractivity contribution in [2.75, 3.05) is 0 Å². The average molecular weight is 264 g/mol. The summed E-state index contributed by atoms with van der Waals surface area (Å²) < 4.78 is 13.2. The van der Waals surface area contributed by atoms with Crippen molar-refractivity contribution < 1.29 is 4.39 Å². The van der Waals surface area contributed by atoms with E-state index in [1.807, 2.05) is 26.8 Å². The number of hydrogen-bond donors (Lipinski definition) is 1. The lowest BCUT2D eigenvalue weighted by molar-refractivity contribution is 0.486. The Hall–Kier alpha value is -1.26. The van der Waals surface area contributed by atoms with Gasteiger partial charge in [-0.1, -0.05) is 12.1 Å². The van der Waals surface area contributed by atoms with Crippen LogP contribution in [0.3, 0.4) is 0 Å². The number of aryl methyl sites for hydroxylation is 2. The molecule has 18 heavy (non-hydrogen) atoms. The number of aromatic nitrogens is 1. The van der Waals surface area contributed by atoms with Gasteiger partial charge in [-0.2, -0.15) is 0 Å². The fourth-order valence-electron chi connectivity index (χ4n) is 1.86.